The number of aromatic amines is 1. The fraction of sp³-hybridized carbons (Fsp3) is 0.500. The topological polar surface area (TPSA) is 84.4 Å². The number of nitrogens with one attached hydrogen (secondary N) is 1. The van der Waals surface area contributed by atoms with Crippen LogP contribution in [0.25, 0.3) is 11.0 Å². The number of fused-ring (bicyclic) bond motifs is 1. The molecule has 0 spiro atoms. The van der Waals surface area contributed by atoms with Gasteiger partial charge in [0.15, 0.2) is 5.82 Å². The van der Waals surface area contributed by atoms with Gasteiger partial charge in [0, 0.05) is 0 Å². The molecule has 0 unspecified atom stereocenters. The summed E-state index contributed by atoms with van der Waals surface area (Å²) in [6.45, 7) is 6.21. The number of hydrogen-bond acceptors (Lipinski definition) is 4. The van der Waals surface area contributed by atoms with Gasteiger partial charge >= 0.3 is 5.65 Å². The zero-order valence-corrected chi connectivity index (χ0v) is 8.44. The minimum atomic E-state index is -0.0791. The Hall–Kier alpha value is -1.72. The second-order valence-electron chi connectivity index (χ2n) is 4.19. The number of aromatic nitrogens is 5. The van der Waals surface area contributed by atoms with E-state index >= 15 is 0 Å². The summed E-state index contributed by atoms with van der Waals surface area (Å²) in [5.74, 6) is 0.397. The molecular formula is C8H13N6+. The van der Waals surface area contributed by atoms with E-state index in [1.807, 2.05) is 4.68 Å². The molecule has 0 bridgehead atoms. The maximum atomic E-state index is 5.67. The molecule has 0 aromatic carbocycles. The van der Waals surface area contributed by atoms with Crippen molar-refractivity contribution in [1.82, 2.24) is 20.5 Å². The molecule has 0 saturated heterocycles. The predicted molar refractivity (Wildman–Crippen MR) is 51.3 cm³/mol. The molecule has 2 aromatic rings. The van der Waals surface area contributed by atoms with E-state index in [1.165, 1.54) is 0 Å². The molecule has 14 heavy (non-hydrogen) atoms. The second-order valence-corrected chi connectivity index (χ2v) is 4.19. The van der Waals surface area contributed by atoms with Crippen molar-refractivity contribution in [3.8, 4) is 0 Å². The monoisotopic (exact) mass is 193 g/mol. The first-order valence-electron chi connectivity index (χ1n) is 4.38. The molecule has 0 aliphatic heterocycles. The van der Waals surface area contributed by atoms with Crippen LogP contribution in [-0.4, -0.2) is 20.5 Å². The number of nitrogen functional groups attached to an aromatic ring is 1. The number of nitrogens with two attached hydrogens (primary N) is 1. The third-order valence-electron chi connectivity index (χ3n) is 2.03. The van der Waals surface area contributed by atoms with Crippen LogP contribution in [0.5, 0.6) is 0 Å². The molecule has 0 saturated carbocycles. The summed E-state index contributed by atoms with van der Waals surface area (Å²) >= 11 is 0. The molecule has 2 aromatic heterocycles. The van der Waals surface area contributed by atoms with Gasteiger partial charge in [-0.15, -0.1) is 4.68 Å². The molecule has 3 N–H and O–H groups in total. The van der Waals surface area contributed by atoms with Crippen LogP contribution in [0.4, 0.5) is 5.82 Å². The highest BCUT2D eigenvalue weighted by Gasteiger charge is 2.26. The molecule has 74 valence electrons. The van der Waals surface area contributed by atoms with Crippen LogP contribution in [0.3, 0.4) is 0 Å². The van der Waals surface area contributed by atoms with Gasteiger partial charge in [-0.25, -0.2) is 5.10 Å². The predicted octanol–water partition coefficient (Wildman–Crippen LogP) is -0.0224. The van der Waals surface area contributed by atoms with E-state index in [4.69, 9.17) is 5.73 Å². The van der Waals surface area contributed by atoms with Gasteiger partial charge in [-0.2, -0.15) is 0 Å². The molecule has 2 rings (SSSR count). The van der Waals surface area contributed by atoms with E-state index in [0.717, 1.165) is 11.0 Å². The van der Waals surface area contributed by atoms with E-state index < -0.39 is 0 Å². The van der Waals surface area contributed by atoms with Crippen LogP contribution in [0.15, 0.2) is 6.20 Å². The van der Waals surface area contributed by atoms with Crippen molar-refractivity contribution in [3.63, 3.8) is 0 Å². The molecule has 0 aliphatic carbocycles. The fourth-order valence-corrected chi connectivity index (χ4v) is 1.34. The minimum absolute atomic E-state index is 0.0791. The lowest BCUT2D eigenvalue weighted by Gasteiger charge is -2.12. The normalized spacial score (nSPS) is 12.2. The highest BCUT2D eigenvalue weighted by molar-refractivity contribution is 5.81. The number of rotatable bonds is 0. The lowest BCUT2D eigenvalue weighted by atomic mass is 10.1. The van der Waals surface area contributed by atoms with Crippen LogP contribution in [-0.2, 0) is 5.54 Å². The number of anilines is 1. The molecule has 6 heteroatoms. The Morgan fingerprint density at radius 2 is 2.07 bits per heavy atom. The Bertz CT molecular complexity index is 466. The smallest absolute Gasteiger partial charge is 0.381 e. The highest BCUT2D eigenvalue weighted by atomic mass is 15.4. The van der Waals surface area contributed by atoms with Crippen molar-refractivity contribution < 1.29 is 4.68 Å². The van der Waals surface area contributed by atoms with Gasteiger partial charge in [-0.05, 0) is 20.8 Å². The summed E-state index contributed by atoms with van der Waals surface area (Å²) < 4.78 is 1.91. The Morgan fingerprint density at radius 3 is 2.71 bits per heavy atom. The summed E-state index contributed by atoms with van der Waals surface area (Å²) in [6, 6.07) is 0. The summed E-state index contributed by atoms with van der Waals surface area (Å²) in [5.41, 5.74) is 6.31. The van der Waals surface area contributed by atoms with Crippen LogP contribution < -0.4 is 10.4 Å². The third-order valence-corrected chi connectivity index (χ3v) is 2.03. The van der Waals surface area contributed by atoms with E-state index in [0.29, 0.717) is 5.82 Å². The maximum absolute atomic E-state index is 5.67. The van der Waals surface area contributed by atoms with Gasteiger partial charge in [0.2, 0.25) is 0 Å². The van der Waals surface area contributed by atoms with Crippen molar-refractivity contribution in [2.75, 3.05) is 5.73 Å². The number of nitrogens with zero attached hydrogens (tertiary/aromatic N) is 4. The summed E-state index contributed by atoms with van der Waals surface area (Å²) in [5, 5.41) is 15.1. The molecule has 0 radical (unpaired) electrons. The molecule has 6 nitrogen and oxygen atoms in total. The van der Waals surface area contributed by atoms with E-state index in [9.17, 15) is 0 Å². The van der Waals surface area contributed by atoms with Crippen molar-refractivity contribution in [1.29, 1.82) is 0 Å². The molecule has 0 aliphatic rings. The Balaban J connectivity index is 2.76. The van der Waals surface area contributed by atoms with Crippen molar-refractivity contribution >= 4 is 16.9 Å². The van der Waals surface area contributed by atoms with Gasteiger partial charge in [0.1, 0.15) is 16.0 Å². The van der Waals surface area contributed by atoms with E-state index in [1.54, 1.807) is 6.20 Å². The van der Waals surface area contributed by atoms with Crippen LogP contribution >= 0.6 is 0 Å². The average molecular weight is 193 g/mol. The standard InChI is InChI=1S/C8H12N6/c1-8(2,3)14-7-5(4-10-14)6(9)11-13-12-7/h4H,1-3H3,(H2,9,10,11,12)/p+1. The Morgan fingerprint density at radius 1 is 1.36 bits per heavy atom. The van der Waals surface area contributed by atoms with Crippen molar-refractivity contribution in [3.05, 3.63) is 6.20 Å². The lowest BCUT2D eigenvalue weighted by Crippen LogP contribution is -2.52. The summed E-state index contributed by atoms with van der Waals surface area (Å²) in [4.78, 5) is 0. The molecule has 0 amide bonds. The summed E-state index contributed by atoms with van der Waals surface area (Å²) in [7, 11) is 0. The minimum Gasteiger partial charge on any atom is -0.381 e. The molecular weight excluding hydrogens is 180 g/mol. The molecule has 0 atom stereocenters. The van der Waals surface area contributed by atoms with Crippen LogP contribution in [0.1, 0.15) is 20.8 Å². The first kappa shape index (κ1) is 8.86. The number of hydrogen-bond donors (Lipinski definition) is 2. The van der Waals surface area contributed by atoms with Crippen LogP contribution in [0.2, 0.25) is 0 Å². The van der Waals surface area contributed by atoms with Crippen molar-refractivity contribution in [2.24, 2.45) is 0 Å². The van der Waals surface area contributed by atoms with Gasteiger partial charge in [-0.1, -0.05) is 5.10 Å². The average Bonchev–Trinajstić information content (AvgIpc) is 2.47. The van der Waals surface area contributed by atoms with Gasteiger partial charge in [0.05, 0.1) is 11.4 Å². The zero-order chi connectivity index (χ0) is 10.3. The number of H-pyrrole nitrogens is 1. The van der Waals surface area contributed by atoms with Crippen molar-refractivity contribution in [2.45, 2.75) is 26.3 Å². The SMILES string of the molecule is CC(C)(C)[n+]1[nH]cc2c(N)nnnc21. The lowest BCUT2D eigenvalue weighted by molar-refractivity contribution is -0.782. The summed E-state index contributed by atoms with van der Waals surface area (Å²) in [6.07, 6.45) is 1.79. The quantitative estimate of drug-likeness (QED) is 0.576. The largest absolute Gasteiger partial charge is 0.384 e. The fourth-order valence-electron chi connectivity index (χ4n) is 1.34. The first-order valence-corrected chi connectivity index (χ1v) is 4.38. The first-order chi connectivity index (χ1) is 6.50. The van der Waals surface area contributed by atoms with Gasteiger partial charge < -0.3 is 5.73 Å². The van der Waals surface area contributed by atoms with E-state index in [-0.39, 0.29) is 5.54 Å². The Labute approximate surface area is 81.1 Å². The molecule has 2 heterocycles. The van der Waals surface area contributed by atoms with Gasteiger partial charge in [-0.3, -0.25) is 0 Å². The Kier molecular flexibility index (Phi) is 1.67. The van der Waals surface area contributed by atoms with Crippen LogP contribution in [0, 0.1) is 0 Å². The maximum Gasteiger partial charge on any atom is 0.384 e. The molecule has 0 fully saturated rings. The third kappa shape index (κ3) is 1.19. The highest BCUT2D eigenvalue weighted by Crippen LogP contribution is 2.13. The van der Waals surface area contributed by atoms with Gasteiger partial charge in [0.25, 0.3) is 0 Å². The zero-order valence-electron chi connectivity index (χ0n) is 8.44. The second kappa shape index (κ2) is 2.63. The van der Waals surface area contributed by atoms with E-state index in [2.05, 4.69) is 41.3 Å².